The lowest BCUT2D eigenvalue weighted by Gasteiger charge is -2.29. The Morgan fingerprint density at radius 2 is 0.825 bits per heavy atom. The molecule has 0 unspecified atom stereocenters. The number of fused-ring (bicyclic) bond motifs is 2. The summed E-state index contributed by atoms with van der Waals surface area (Å²) in [6, 6.07) is 4.90. The summed E-state index contributed by atoms with van der Waals surface area (Å²) in [7, 11) is 0. The number of aromatic amines is 2. The third-order valence-corrected chi connectivity index (χ3v) is 19.3. The highest BCUT2D eigenvalue weighted by molar-refractivity contribution is 8.00. The smallest absolute Gasteiger partial charge is 0.245 e. The summed E-state index contributed by atoms with van der Waals surface area (Å²) < 4.78 is 0. The van der Waals surface area contributed by atoms with E-state index in [4.69, 9.17) is 44.9 Å². The Balaban J connectivity index is 1.42. The Morgan fingerprint density at radius 3 is 1.27 bits per heavy atom. The number of benzene rings is 3. The lowest BCUT2D eigenvalue weighted by molar-refractivity contribution is -0.137. The number of amides is 14. The van der Waals surface area contributed by atoms with E-state index in [1.165, 1.54) is 0 Å². The van der Waals surface area contributed by atoms with Crippen LogP contribution in [0.25, 0.3) is 21.8 Å². The highest BCUT2D eigenvalue weighted by Gasteiger charge is 2.38. The minimum absolute atomic E-state index is 0.00129. The molecule has 618 valence electrons. The van der Waals surface area contributed by atoms with Gasteiger partial charge in [0.05, 0.1) is 25.3 Å². The van der Waals surface area contributed by atoms with Gasteiger partial charge < -0.3 is 123 Å². The molecule has 11 atom stereocenters. The fraction of sp³-hybridized carbons (Fsp3) is 0.466. The SMILES string of the molecule is CC(C)[C@@H]1NC(=O)[C@H](Cc2c[nH]c3ccccc23)NC(=O)[C@H](CCCNC(=N)N)NC(=O)[C@H](C(C)C)NC(=O)[C@H](Cc2c[nH]c3ccccc23)NC(=O)[C@H](CC(N)=O)NC(=O)[C@H](CCCNC(=N)N)NC(=O)CNC(=O)[C@H](CO)NC(=O)[C@H](CCCNC(=N)N)NC(=O)[C@H](Cc2ccccc2)NC(=O)CSC[C@@H](C(N)=O)NC1=O. The van der Waals surface area contributed by atoms with Crippen LogP contribution in [0.5, 0.6) is 0 Å². The first kappa shape index (κ1) is 90.3. The number of aromatic nitrogens is 2. The quantitative estimate of drug-likeness (QED) is 0.0156. The lowest BCUT2D eigenvalue weighted by atomic mass is 9.99. The number of aliphatic hydroxyl groups excluding tert-OH is 1. The average molecular weight is 1600 g/mol. The van der Waals surface area contributed by atoms with Crippen molar-refractivity contribution < 1.29 is 72.2 Å². The predicted molar refractivity (Wildman–Crippen MR) is 423 cm³/mol. The molecule has 0 aliphatic carbocycles. The van der Waals surface area contributed by atoms with E-state index in [2.05, 4.69) is 89.7 Å². The van der Waals surface area contributed by atoms with Crippen molar-refractivity contribution in [2.24, 2.45) is 40.5 Å². The largest absolute Gasteiger partial charge is 0.394 e. The van der Waals surface area contributed by atoms with Crippen molar-refractivity contribution in [3.8, 4) is 0 Å². The molecule has 1 saturated heterocycles. The van der Waals surface area contributed by atoms with E-state index in [-0.39, 0.29) is 83.2 Å². The van der Waals surface area contributed by atoms with Gasteiger partial charge in [0, 0.05) is 78.8 Å². The first-order valence-electron chi connectivity index (χ1n) is 37.0. The number of carbonyl (C=O) groups is 14. The van der Waals surface area contributed by atoms with E-state index in [0.29, 0.717) is 38.5 Å². The third-order valence-electron chi connectivity index (χ3n) is 18.2. The van der Waals surface area contributed by atoms with Crippen molar-refractivity contribution >= 4 is 134 Å². The van der Waals surface area contributed by atoms with E-state index in [1.54, 1.807) is 119 Å². The van der Waals surface area contributed by atoms with Crippen LogP contribution in [-0.2, 0) is 86.4 Å². The molecule has 1 fully saturated rings. The first-order chi connectivity index (χ1) is 54.2. The molecule has 6 rings (SSSR count). The normalized spacial score (nSPS) is 22.5. The van der Waals surface area contributed by atoms with Crippen LogP contribution < -0.4 is 108 Å². The number of primary amides is 2. The van der Waals surface area contributed by atoms with Gasteiger partial charge in [0.15, 0.2) is 17.9 Å². The summed E-state index contributed by atoms with van der Waals surface area (Å²) in [6.45, 7) is 4.28. The number of nitrogens with one attached hydrogen (secondary N) is 20. The van der Waals surface area contributed by atoms with Crippen molar-refractivity contribution in [1.29, 1.82) is 16.2 Å². The average Bonchev–Trinajstić information content (AvgIpc) is 1.64. The van der Waals surface area contributed by atoms with Crippen molar-refractivity contribution in [3.63, 3.8) is 0 Å². The predicted octanol–water partition coefficient (Wildman–Crippen LogP) is -5.67. The van der Waals surface area contributed by atoms with Crippen LogP contribution in [0.3, 0.4) is 0 Å². The van der Waals surface area contributed by atoms with E-state index in [1.807, 2.05) is 0 Å². The number of thioether (sulfide) groups is 1. The molecule has 3 heterocycles. The molecule has 41 heteroatoms. The monoisotopic (exact) mass is 1600 g/mol. The van der Waals surface area contributed by atoms with Gasteiger partial charge in [-0.3, -0.25) is 83.4 Å². The van der Waals surface area contributed by atoms with Gasteiger partial charge in [0.25, 0.3) is 0 Å². The minimum atomic E-state index is -1.90. The number of H-pyrrole nitrogens is 2. The summed E-state index contributed by atoms with van der Waals surface area (Å²) >= 11 is 0.824. The molecule has 0 radical (unpaired) electrons. The summed E-state index contributed by atoms with van der Waals surface area (Å²) in [5.41, 5.74) is 31.0. The number of hydrogen-bond acceptors (Lipinski definition) is 19. The van der Waals surface area contributed by atoms with Crippen LogP contribution in [0.2, 0.25) is 0 Å². The van der Waals surface area contributed by atoms with E-state index in [0.717, 1.165) is 11.8 Å². The van der Waals surface area contributed by atoms with Crippen LogP contribution in [0, 0.1) is 28.1 Å². The van der Waals surface area contributed by atoms with E-state index in [9.17, 15) is 57.8 Å². The molecule has 5 aromatic rings. The zero-order valence-electron chi connectivity index (χ0n) is 63.6. The standard InChI is InChI=1S/C73H105N25O15S/c1-37(2)58-69(112)91-48(23-14-26-84-73(80)81)63(106)92-50(28-40-31-85-44-19-10-8-17-42(40)44)67(110)98-59(38(3)4)70(113)96-54(60(75)103)35-114-36-57(102)89-49(27-39-15-6-5-7-16-39)65(108)90-47(22-13-25-83-72(78)79)64(107)95-53(34-99)61(104)87-33-56(101)88-46(21-12-24-82-71(76)77)62(105)94-52(30-55(74)100)66(109)93-51(68(111)97-58)29-41-32-86-45-20-11-9-18-43(41)45/h5-11,15-20,31-32,37-38,46-54,58-59,85-86,99H,12-14,21-30,33-36H2,1-4H3,(H2,74,100)(H2,75,103)(H,87,104)(H,88,101)(H,89,102)(H,90,108)(H,91,112)(H,92,106)(H,93,109)(H,94,105)(H,95,107)(H,96,113)(H,97,111)(H,98,110)(H4,76,77,82)(H4,78,79,83)(H4,80,81,84)/t46-,47-,48-,49-,50-,51-,52-,53-,54-,58-,59-/m0/s1. The van der Waals surface area contributed by atoms with Crippen LogP contribution in [0.1, 0.15) is 89.3 Å². The second-order valence-electron chi connectivity index (χ2n) is 27.9. The van der Waals surface area contributed by atoms with Gasteiger partial charge in [-0.25, -0.2) is 0 Å². The number of para-hydroxylation sites is 2. The van der Waals surface area contributed by atoms with E-state index < -0.39 is 204 Å². The molecule has 0 spiro atoms. The van der Waals surface area contributed by atoms with Gasteiger partial charge >= 0.3 is 0 Å². The molecule has 40 nitrogen and oxygen atoms in total. The van der Waals surface area contributed by atoms with Gasteiger partial charge in [-0.1, -0.05) is 94.4 Å². The molecule has 0 saturated carbocycles. The summed E-state index contributed by atoms with van der Waals surface area (Å²) in [6.07, 6.45) is 1.02. The van der Waals surface area contributed by atoms with Gasteiger partial charge in [-0.15, -0.1) is 11.8 Å². The summed E-state index contributed by atoms with van der Waals surface area (Å²) in [5.74, 6) is -17.7. The molecule has 14 amide bonds. The van der Waals surface area contributed by atoms with Crippen molar-refractivity contribution in [2.45, 2.75) is 158 Å². The van der Waals surface area contributed by atoms with Gasteiger partial charge in [-0.05, 0) is 79.2 Å². The highest BCUT2D eigenvalue weighted by atomic mass is 32.2. The number of nitrogens with two attached hydrogens (primary N) is 5. The molecule has 0 bridgehead atoms. The molecule has 2 aromatic heterocycles. The number of hydrogen-bond donors (Lipinski definition) is 26. The first-order valence-corrected chi connectivity index (χ1v) is 38.1. The Hall–Kier alpha value is -12.6. The molecular weight excluding hydrogens is 1500 g/mol. The zero-order valence-corrected chi connectivity index (χ0v) is 64.5. The number of aliphatic hydroxyl groups is 1. The zero-order chi connectivity index (χ0) is 83.7. The van der Waals surface area contributed by atoms with Gasteiger partial charge in [-0.2, -0.15) is 0 Å². The lowest BCUT2D eigenvalue weighted by Crippen LogP contribution is -2.62. The molecular formula is C73H105N25O15S. The highest BCUT2D eigenvalue weighted by Crippen LogP contribution is 2.22. The third kappa shape index (κ3) is 29.3. The second-order valence-corrected chi connectivity index (χ2v) is 28.9. The number of rotatable bonds is 24. The maximum absolute atomic E-state index is 15.1. The van der Waals surface area contributed by atoms with Crippen LogP contribution in [0.15, 0.2) is 91.3 Å². The summed E-state index contributed by atoms with van der Waals surface area (Å²) in [5, 5.41) is 73.4. The molecule has 1 aliphatic heterocycles. The van der Waals surface area contributed by atoms with Crippen LogP contribution in [0.4, 0.5) is 0 Å². The molecule has 3 aromatic carbocycles. The molecule has 114 heavy (non-hydrogen) atoms. The maximum Gasteiger partial charge on any atom is 0.245 e. The molecule has 1 aliphatic rings. The van der Waals surface area contributed by atoms with Crippen molar-refractivity contribution in [3.05, 3.63) is 108 Å². The van der Waals surface area contributed by atoms with Crippen LogP contribution >= 0.6 is 11.8 Å². The summed E-state index contributed by atoms with van der Waals surface area (Å²) in [4.78, 5) is 207. The Kier molecular flexibility index (Phi) is 35.7. The van der Waals surface area contributed by atoms with E-state index >= 15 is 14.4 Å². The Labute approximate surface area is 660 Å². The maximum atomic E-state index is 15.1. The Morgan fingerprint density at radius 1 is 0.447 bits per heavy atom. The topological polar surface area (TPSA) is 673 Å². The fourth-order valence-corrected chi connectivity index (χ4v) is 13.1. The fourth-order valence-electron chi connectivity index (χ4n) is 12.2. The minimum Gasteiger partial charge on any atom is -0.394 e. The van der Waals surface area contributed by atoms with Crippen molar-refractivity contribution in [1.82, 2.24) is 89.7 Å². The molecule has 31 N–H and O–H groups in total. The van der Waals surface area contributed by atoms with Gasteiger partial charge in [0.2, 0.25) is 82.7 Å². The number of guanidine groups is 3. The number of carbonyl (C=O) groups excluding carboxylic acids is 14. The van der Waals surface area contributed by atoms with Crippen molar-refractivity contribution in [2.75, 3.05) is 44.3 Å². The second kappa shape index (κ2) is 45.1. The van der Waals surface area contributed by atoms with Gasteiger partial charge in [0.1, 0.15) is 66.5 Å². The van der Waals surface area contributed by atoms with Crippen LogP contribution in [-0.4, -0.2) is 226 Å². The Bertz CT molecular complexity index is 4250.